The molecule has 3 heterocycles. The van der Waals surface area contributed by atoms with Crippen LogP contribution in [0.4, 0.5) is 0 Å². The van der Waals surface area contributed by atoms with Gasteiger partial charge in [0.05, 0.1) is 11.7 Å². The number of nitrogens with zero attached hydrogens (tertiary/aromatic N) is 5. The van der Waals surface area contributed by atoms with Crippen molar-refractivity contribution in [2.75, 3.05) is 0 Å². The van der Waals surface area contributed by atoms with Gasteiger partial charge < -0.3 is 0 Å². The predicted octanol–water partition coefficient (Wildman–Crippen LogP) is 1.91. The van der Waals surface area contributed by atoms with Crippen LogP contribution >= 0.6 is 0 Å². The summed E-state index contributed by atoms with van der Waals surface area (Å²) in [6.07, 6.45) is 1.83. The first-order chi connectivity index (χ1) is 13.2. The summed E-state index contributed by atoms with van der Waals surface area (Å²) in [5.74, 6) is 0.287. The maximum absolute atomic E-state index is 13.2. The zero-order valence-electron chi connectivity index (χ0n) is 16.4. The third-order valence-corrected chi connectivity index (χ3v) is 5.31. The number of rotatable bonds is 3. The third-order valence-electron chi connectivity index (χ3n) is 5.31. The molecule has 0 saturated carbocycles. The number of carbonyl (C=O) groups excluding carboxylic acids is 1. The van der Waals surface area contributed by atoms with Crippen LogP contribution in [-0.4, -0.2) is 28.9 Å². The summed E-state index contributed by atoms with van der Waals surface area (Å²) in [4.78, 5) is 42.4. The molecule has 4 rings (SSSR count). The number of Topliss-reactive ketones (excluding diaryl/α,β-unsaturated/α-hetero) is 1. The van der Waals surface area contributed by atoms with E-state index in [-0.39, 0.29) is 11.3 Å². The van der Waals surface area contributed by atoms with E-state index in [2.05, 4.69) is 4.98 Å². The van der Waals surface area contributed by atoms with Gasteiger partial charge in [0.15, 0.2) is 16.9 Å². The number of benzene rings is 1. The summed E-state index contributed by atoms with van der Waals surface area (Å²) in [5.41, 5.74) is 2.41. The fourth-order valence-corrected chi connectivity index (χ4v) is 3.61. The summed E-state index contributed by atoms with van der Waals surface area (Å²) in [6, 6.07) is 7.04. The average molecular weight is 379 g/mol. The maximum Gasteiger partial charge on any atom is 0.333 e. The van der Waals surface area contributed by atoms with Gasteiger partial charge in [-0.05, 0) is 39.3 Å². The van der Waals surface area contributed by atoms with E-state index in [1.54, 1.807) is 18.4 Å². The van der Waals surface area contributed by atoms with Crippen LogP contribution in [0.5, 0.6) is 0 Å². The van der Waals surface area contributed by atoms with Crippen LogP contribution in [0, 0.1) is 13.8 Å². The van der Waals surface area contributed by atoms with Crippen LogP contribution in [0.2, 0.25) is 0 Å². The van der Waals surface area contributed by atoms with Crippen LogP contribution in [0.25, 0.3) is 22.6 Å². The van der Waals surface area contributed by atoms with Crippen molar-refractivity contribution in [2.24, 2.45) is 7.05 Å². The van der Waals surface area contributed by atoms with Gasteiger partial charge in [0, 0.05) is 18.9 Å². The van der Waals surface area contributed by atoms with Crippen LogP contribution in [0.15, 0.2) is 40.1 Å². The Kier molecular flexibility index (Phi) is 3.88. The van der Waals surface area contributed by atoms with E-state index in [1.165, 1.54) is 11.5 Å². The number of para-hydroxylation sites is 1. The highest BCUT2D eigenvalue weighted by molar-refractivity contribution is 5.81. The predicted molar refractivity (Wildman–Crippen MR) is 106 cm³/mol. The molecule has 0 radical (unpaired) electrons. The number of hydrogen-bond donors (Lipinski definition) is 0. The average Bonchev–Trinajstić information content (AvgIpc) is 3.15. The van der Waals surface area contributed by atoms with Gasteiger partial charge in [0.1, 0.15) is 0 Å². The molecular weight excluding hydrogens is 358 g/mol. The van der Waals surface area contributed by atoms with Crippen molar-refractivity contribution in [3.05, 3.63) is 62.6 Å². The summed E-state index contributed by atoms with van der Waals surface area (Å²) >= 11 is 0. The van der Waals surface area contributed by atoms with Gasteiger partial charge in [-0.15, -0.1) is 0 Å². The minimum atomic E-state index is -0.847. The second kappa shape index (κ2) is 6.05. The number of aromatic nitrogens is 5. The molecular formula is C20H21N5O3. The van der Waals surface area contributed by atoms with Crippen molar-refractivity contribution >= 4 is 22.7 Å². The molecule has 0 aliphatic heterocycles. The first kappa shape index (κ1) is 18.0. The molecule has 1 atom stereocenters. The Labute approximate surface area is 160 Å². The topological polar surface area (TPSA) is 83.3 Å². The minimum Gasteiger partial charge on any atom is -0.298 e. The van der Waals surface area contributed by atoms with Gasteiger partial charge in [-0.2, -0.15) is 4.98 Å². The fraction of sp³-hybridized carbons (Fsp3) is 0.300. The second-order valence-corrected chi connectivity index (χ2v) is 7.15. The zero-order valence-corrected chi connectivity index (χ0v) is 16.4. The molecule has 1 aromatic carbocycles. The van der Waals surface area contributed by atoms with Crippen molar-refractivity contribution in [1.82, 2.24) is 23.1 Å². The Morgan fingerprint density at radius 2 is 1.82 bits per heavy atom. The molecule has 0 saturated heterocycles. The third kappa shape index (κ3) is 2.30. The van der Waals surface area contributed by atoms with Gasteiger partial charge in [-0.25, -0.2) is 9.36 Å². The van der Waals surface area contributed by atoms with E-state index in [9.17, 15) is 14.4 Å². The van der Waals surface area contributed by atoms with E-state index in [0.29, 0.717) is 11.4 Å². The fourth-order valence-electron chi connectivity index (χ4n) is 3.61. The van der Waals surface area contributed by atoms with Crippen molar-refractivity contribution < 1.29 is 4.79 Å². The standard InChI is InChI=1S/C20H21N5O3/c1-11-8-6-7-9-15(11)24-12(2)10-23-16-17(21-19(23)24)22(5)20(28)25(18(16)27)13(3)14(4)26/h6-10,13H,1-5H3/t13-/m1/s1. The molecule has 0 N–H and O–H groups in total. The summed E-state index contributed by atoms with van der Waals surface area (Å²) in [7, 11) is 1.56. The Morgan fingerprint density at radius 3 is 2.46 bits per heavy atom. The van der Waals surface area contributed by atoms with Crippen LogP contribution < -0.4 is 11.2 Å². The van der Waals surface area contributed by atoms with Gasteiger partial charge in [-0.1, -0.05) is 18.2 Å². The van der Waals surface area contributed by atoms with Gasteiger partial charge in [0.25, 0.3) is 5.56 Å². The van der Waals surface area contributed by atoms with Gasteiger partial charge >= 0.3 is 5.69 Å². The number of aryl methyl sites for hydroxylation is 3. The molecule has 144 valence electrons. The SMILES string of the molecule is CC(=O)[C@@H](C)n1c(=O)c2c(nc3n(-c4ccccc4C)c(C)cn23)n(C)c1=O. The lowest BCUT2D eigenvalue weighted by Gasteiger charge is -2.12. The molecule has 0 unspecified atom stereocenters. The largest absolute Gasteiger partial charge is 0.333 e. The molecule has 0 fully saturated rings. The van der Waals surface area contributed by atoms with Crippen LogP contribution in [0.3, 0.4) is 0 Å². The molecule has 3 aromatic heterocycles. The Morgan fingerprint density at radius 1 is 1.14 bits per heavy atom. The maximum atomic E-state index is 13.2. The van der Waals surface area contributed by atoms with E-state index < -0.39 is 17.3 Å². The first-order valence-electron chi connectivity index (χ1n) is 9.02. The minimum absolute atomic E-state index is 0.257. The normalized spacial score (nSPS) is 12.8. The highest BCUT2D eigenvalue weighted by atomic mass is 16.2. The molecule has 0 aliphatic carbocycles. The second-order valence-electron chi connectivity index (χ2n) is 7.15. The number of hydrogen-bond acceptors (Lipinski definition) is 4. The lowest BCUT2D eigenvalue weighted by atomic mass is 10.2. The highest BCUT2D eigenvalue weighted by Gasteiger charge is 2.24. The molecule has 0 bridgehead atoms. The number of ketones is 1. The van der Waals surface area contributed by atoms with Crippen LogP contribution in [0.1, 0.15) is 31.1 Å². The Balaban J connectivity index is 2.18. The van der Waals surface area contributed by atoms with Crippen molar-refractivity contribution in [3.8, 4) is 5.69 Å². The lowest BCUT2D eigenvalue weighted by Crippen LogP contribution is -2.42. The zero-order chi connectivity index (χ0) is 20.3. The van der Waals surface area contributed by atoms with Crippen molar-refractivity contribution in [3.63, 3.8) is 0 Å². The molecule has 0 spiro atoms. The smallest absolute Gasteiger partial charge is 0.298 e. The summed E-state index contributed by atoms with van der Waals surface area (Å²) in [6.45, 7) is 6.86. The van der Waals surface area contributed by atoms with E-state index in [0.717, 1.165) is 21.5 Å². The molecule has 8 nitrogen and oxygen atoms in total. The molecule has 8 heteroatoms. The molecule has 0 amide bonds. The number of fused-ring (bicyclic) bond motifs is 3. The van der Waals surface area contributed by atoms with Gasteiger partial charge in [0.2, 0.25) is 5.78 Å². The quantitative estimate of drug-likeness (QED) is 0.544. The molecule has 4 aromatic rings. The molecule has 28 heavy (non-hydrogen) atoms. The van der Waals surface area contributed by atoms with Gasteiger partial charge in [-0.3, -0.25) is 23.1 Å². The van der Waals surface area contributed by atoms with E-state index in [4.69, 9.17) is 0 Å². The Bertz CT molecular complexity index is 1380. The van der Waals surface area contributed by atoms with Crippen LogP contribution in [-0.2, 0) is 11.8 Å². The number of imidazole rings is 2. The first-order valence-corrected chi connectivity index (χ1v) is 9.02. The number of carbonyl (C=O) groups is 1. The summed E-state index contributed by atoms with van der Waals surface area (Å²) in [5, 5.41) is 0. The molecule has 0 aliphatic rings. The van der Waals surface area contributed by atoms with Crippen molar-refractivity contribution in [2.45, 2.75) is 33.7 Å². The lowest BCUT2D eigenvalue weighted by molar-refractivity contribution is -0.119. The summed E-state index contributed by atoms with van der Waals surface area (Å²) < 4.78 is 5.97. The Hall–Kier alpha value is -3.42. The van der Waals surface area contributed by atoms with E-state index in [1.807, 2.05) is 48.9 Å². The van der Waals surface area contributed by atoms with Crippen molar-refractivity contribution in [1.29, 1.82) is 0 Å². The highest BCUT2D eigenvalue weighted by Crippen LogP contribution is 2.23. The monoisotopic (exact) mass is 379 g/mol. The van der Waals surface area contributed by atoms with E-state index >= 15 is 0 Å².